The van der Waals surface area contributed by atoms with Crippen LogP contribution in [0.3, 0.4) is 0 Å². The van der Waals surface area contributed by atoms with E-state index in [2.05, 4.69) is 26.3 Å². The highest BCUT2D eigenvalue weighted by Gasteiger charge is 2.33. The zero-order valence-electron chi connectivity index (χ0n) is 23.3. The van der Waals surface area contributed by atoms with Gasteiger partial charge in [0.15, 0.2) is 6.23 Å². The van der Waals surface area contributed by atoms with E-state index in [4.69, 9.17) is 9.72 Å². The number of aromatic nitrogens is 3. The van der Waals surface area contributed by atoms with E-state index >= 15 is 0 Å². The molecule has 1 unspecified atom stereocenters. The number of amides is 1. The molecule has 2 atom stereocenters. The highest BCUT2D eigenvalue weighted by Crippen LogP contribution is 2.37. The monoisotopic (exact) mass is 544 g/mol. The predicted molar refractivity (Wildman–Crippen MR) is 155 cm³/mol. The number of benzene rings is 1. The van der Waals surface area contributed by atoms with Gasteiger partial charge in [-0.25, -0.2) is 4.98 Å². The summed E-state index contributed by atoms with van der Waals surface area (Å²) in [5, 5.41) is 14.4. The fraction of sp³-hybridized carbons (Fsp3) is 0.516. The lowest BCUT2D eigenvalue weighted by Gasteiger charge is -2.32. The minimum absolute atomic E-state index is 0.0354. The molecule has 1 aromatic carbocycles. The van der Waals surface area contributed by atoms with Gasteiger partial charge >= 0.3 is 0 Å². The van der Waals surface area contributed by atoms with Gasteiger partial charge in [0.05, 0.1) is 11.6 Å². The molecule has 1 aliphatic carbocycles. The van der Waals surface area contributed by atoms with Gasteiger partial charge in [-0.3, -0.25) is 9.78 Å². The summed E-state index contributed by atoms with van der Waals surface area (Å²) in [5.74, 6) is 1.31. The second kappa shape index (κ2) is 11.6. The number of pyridine rings is 1. The molecule has 0 bridgehead atoms. The van der Waals surface area contributed by atoms with E-state index in [1.807, 2.05) is 36.1 Å². The normalized spacial score (nSPS) is 21.6. The van der Waals surface area contributed by atoms with Crippen LogP contribution in [0.4, 0.5) is 5.95 Å². The van der Waals surface area contributed by atoms with Crippen molar-refractivity contribution in [3.8, 4) is 5.75 Å². The number of carbonyl (C=O) groups excluding carboxylic acids is 1. The number of ether oxygens (including phenoxy) is 1. The van der Waals surface area contributed by atoms with E-state index < -0.39 is 6.23 Å². The number of rotatable bonds is 8. The van der Waals surface area contributed by atoms with Crippen molar-refractivity contribution < 1.29 is 14.6 Å². The Kier molecular flexibility index (Phi) is 7.76. The van der Waals surface area contributed by atoms with Crippen LogP contribution < -0.4 is 10.1 Å². The van der Waals surface area contributed by atoms with Crippen molar-refractivity contribution >= 4 is 22.9 Å². The molecule has 6 rings (SSSR count). The highest BCUT2D eigenvalue weighted by atomic mass is 16.5. The number of aryl methyl sites for hydroxylation is 1. The van der Waals surface area contributed by atoms with Crippen LogP contribution in [0.25, 0.3) is 11.0 Å². The van der Waals surface area contributed by atoms with Gasteiger partial charge < -0.3 is 29.5 Å². The number of nitrogens with zero attached hydrogens (tertiary/aromatic N) is 5. The number of likely N-dealkylation sites (tertiary alicyclic amines) is 2. The van der Waals surface area contributed by atoms with Crippen molar-refractivity contribution in [2.24, 2.45) is 0 Å². The molecule has 212 valence electrons. The van der Waals surface area contributed by atoms with Crippen molar-refractivity contribution in [2.45, 2.75) is 76.3 Å². The number of para-hydroxylation sites is 1. The van der Waals surface area contributed by atoms with E-state index in [1.165, 1.54) is 18.9 Å². The molecule has 9 heteroatoms. The van der Waals surface area contributed by atoms with Gasteiger partial charge in [0.25, 0.3) is 0 Å². The predicted octanol–water partition coefficient (Wildman–Crippen LogP) is 4.59. The minimum Gasteiger partial charge on any atom is -0.488 e. The largest absolute Gasteiger partial charge is 0.488 e. The average molecular weight is 545 g/mol. The quantitative estimate of drug-likeness (QED) is 0.316. The maximum atomic E-state index is 12.7. The molecule has 2 aliphatic heterocycles. The van der Waals surface area contributed by atoms with Gasteiger partial charge in [-0.15, -0.1) is 0 Å². The molecular weight excluding hydrogens is 504 g/mol. The first-order valence-corrected chi connectivity index (χ1v) is 14.7. The van der Waals surface area contributed by atoms with Crippen molar-refractivity contribution in [1.82, 2.24) is 24.3 Å². The number of aliphatic hydroxyl groups excluding tert-OH is 1. The zero-order valence-corrected chi connectivity index (χ0v) is 23.3. The van der Waals surface area contributed by atoms with E-state index in [0.717, 1.165) is 73.7 Å². The number of carbonyl (C=O) groups is 1. The standard InChI is InChI=1S/C31H40N6O3/c1-3-28(38)36-16-5-4-7-24(20-36)37-29-26(33-31(37)34-30(39)22-12-15-32-21(2)19-22)8-6-9-27(29)40-25-13-17-35(18-14-25)23-10-11-23/h3,6,8-9,12,15,19,23-25,30,39H,1,4-5,7,10-11,13-14,16-18,20H2,2H3,(H,33,34)/t24-,30?/m1/s1. The number of hydrogen-bond acceptors (Lipinski definition) is 7. The van der Waals surface area contributed by atoms with Crippen LogP contribution in [-0.4, -0.2) is 73.7 Å². The topological polar surface area (TPSA) is 95.8 Å². The van der Waals surface area contributed by atoms with Crippen LogP contribution in [0.2, 0.25) is 0 Å². The Labute approximate surface area is 235 Å². The molecule has 2 N–H and O–H groups in total. The number of imidazole rings is 1. The number of aliphatic hydroxyl groups is 1. The maximum Gasteiger partial charge on any atom is 0.246 e. The first-order valence-electron chi connectivity index (χ1n) is 14.7. The van der Waals surface area contributed by atoms with E-state index in [-0.39, 0.29) is 18.1 Å². The van der Waals surface area contributed by atoms with Crippen LogP contribution >= 0.6 is 0 Å². The third-order valence-corrected chi connectivity index (χ3v) is 8.51. The Bertz CT molecular complexity index is 1360. The number of hydrogen-bond donors (Lipinski definition) is 2. The number of nitrogens with one attached hydrogen (secondary N) is 1. The Morgan fingerprint density at radius 1 is 1.12 bits per heavy atom. The Hall–Kier alpha value is -3.43. The van der Waals surface area contributed by atoms with Crippen molar-refractivity contribution in [2.75, 3.05) is 31.5 Å². The third kappa shape index (κ3) is 5.71. The lowest BCUT2D eigenvalue weighted by molar-refractivity contribution is -0.126. The summed E-state index contributed by atoms with van der Waals surface area (Å²) < 4.78 is 8.87. The maximum absolute atomic E-state index is 12.7. The van der Waals surface area contributed by atoms with E-state index in [0.29, 0.717) is 24.6 Å². The van der Waals surface area contributed by atoms with Crippen molar-refractivity contribution in [3.63, 3.8) is 0 Å². The van der Waals surface area contributed by atoms with Crippen LogP contribution in [0.5, 0.6) is 5.75 Å². The Morgan fingerprint density at radius 2 is 1.95 bits per heavy atom. The summed E-state index contributed by atoms with van der Waals surface area (Å²) in [6, 6.07) is 10.4. The molecule has 1 saturated carbocycles. The third-order valence-electron chi connectivity index (χ3n) is 8.51. The summed E-state index contributed by atoms with van der Waals surface area (Å²) in [4.78, 5) is 26.4. The van der Waals surface area contributed by atoms with Gasteiger partial charge in [0, 0.05) is 49.7 Å². The summed E-state index contributed by atoms with van der Waals surface area (Å²) in [5.41, 5.74) is 3.26. The van der Waals surface area contributed by atoms with Crippen LogP contribution in [-0.2, 0) is 4.79 Å². The number of anilines is 1. The van der Waals surface area contributed by atoms with Crippen LogP contribution in [0.15, 0.2) is 49.2 Å². The van der Waals surface area contributed by atoms with Crippen LogP contribution in [0, 0.1) is 6.92 Å². The average Bonchev–Trinajstić information content (AvgIpc) is 3.78. The lowest BCUT2D eigenvalue weighted by atomic mass is 10.1. The Balaban J connectivity index is 1.35. The second-order valence-electron chi connectivity index (χ2n) is 11.4. The van der Waals surface area contributed by atoms with Gasteiger partial charge in [0.2, 0.25) is 11.9 Å². The first-order chi connectivity index (χ1) is 19.5. The van der Waals surface area contributed by atoms with Gasteiger partial charge in [-0.05, 0) is 82.2 Å². The molecule has 40 heavy (non-hydrogen) atoms. The van der Waals surface area contributed by atoms with Gasteiger partial charge in [-0.1, -0.05) is 12.6 Å². The molecule has 4 heterocycles. The molecule has 3 aliphatic rings. The first kappa shape index (κ1) is 26.8. The zero-order chi connectivity index (χ0) is 27.6. The fourth-order valence-electron chi connectivity index (χ4n) is 6.25. The molecule has 0 spiro atoms. The minimum atomic E-state index is -0.968. The molecule has 2 aromatic heterocycles. The summed E-state index contributed by atoms with van der Waals surface area (Å²) in [7, 11) is 0. The summed E-state index contributed by atoms with van der Waals surface area (Å²) in [6.07, 6.45) is 9.77. The molecular formula is C31H40N6O3. The molecule has 0 radical (unpaired) electrons. The summed E-state index contributed by atoms with van der Waals surface area (Å²) >= 11 is 0. The van der Waals surface area contributed by atoms with Gasteiger partial charge in [0.1, 0.15) is 17.4 Å². The Morgan fingerprint density at radius 3 is 2.70 bits per heavy atom. The van der Waals surface area contributed by atoms with Crippen molar-refractivity contribution in [3.05, 3.63) is 60.4 Å². The molecule has 1 amide bonds. The molecule has 3 fully saturated rings. The fourth-order valence-corrected chi connectivity index (χ4v) is 6.25. The van der Waals surface area contributed by atoms with E-state index in [9.17, 15) is 9.90 Å². The van der Waals surface area contributed by atoms with E-state index in [1.54, 1.807) is 12.3 Å². The number of piperidine rings is 1. The SMILES string of the molecule is C=CC(=O)N1CCCC[C@@H](n2c(NC(O)c3ccnc(C)c3)nc3cccc(OC4CCN(C5CC5)CC4)c32)C1. The highest BCUT2D eigenvalue weighted by molar-refractivity contribution is 5.87. The van der Waals surface area contributed by atoms with Gasteiger partial charge in [-0.2, -0.15) is 0 Å². The van der Waals surface area contributed by atoms with Crippen LogP contribution in [0.1, 0.15) is 68.5 Å². The smallest absolute Gasteiger partial charge is 0.246 e. The molecule has 9 nitrogen and oxygen atoms in total. The number of fused-ring (bicyclic) bond motifs is 1. The lowest BCUT2D eigenvalue weighted by Crippen LogP contribution is -2.39. The molecule has 3 aromatic rings. The van der Waals surface area contributed by atoms with Crippen molar-refractivity contribution in [1.29, 1.82) is 0 Å². The molecule has 2 saturated heterocycles. The second-order valence-corrected chi connectivity index (χ2v) is 11.4. The summed E-state index contributed by atoms with van der Waals surface area (Å²) in [6.45, 7) is 9.03.